The second-order valence-corrected chi connectivity index (χ2v) is 7.47. The van der Waals surface area contributed by atoms with Gasteiger partial charge in [-0.2, -0.15) is 0 Å². The molecule has 0 radical (unpaired) electrons. The number of rotatable bonds is 7. The van der Waals surface area contributed by atoms with Gasteiger partial charge in [0.25, 0.3) is 17.4 Å². The fourth-order valence-electron chi connectivity index (χ4n) is 3.77. The summed E-state index contributed by atoms with van der Waals surface area (Å²) >= 11 is 0. The Morgan fingerprint density at radius 2 is 1.72 bits per heavy atom. The first-order valence-electron chi connectivity index (χ1n) is 10.2. The minimum Gasteiger partial charge on any atom is -0.506 e. The van der Waals surface area contributed by atoms with E-state index >= 15 is 0 Å². The SMILES string of the molecule is O=C(O)CNC(=O)c1c(O)c(C(=O)NCc2ccccn2)c(O)n(C2CCCCC2)c1=O. The van der Waals surface area contributed by atoms with Crippen molar-refractivity contribution in [3.63, 3.8) is 0 Å². The van der Waals surface area contributed by atoms with E-state index in [4.69, 9.17) is 5.11 Å². The summed E-state index contributed by atoms with van der Waals surface area (Å²) in [5.74, 6) is -5.17. The number of hydrogen-bond donors (Lipinski definition) is 5. The Kier molecular flexibility index (Phi) is 7.08. The van der Waals surface area contributed by atoms with Crippen LogP contribution in [0.1, 0.15) is 64.6 Å². The minimum atomic E-state index is -1.35. The van der Waals surface area contributed by atoms with Gasteiger partial charge in [0.05, 0.1) is 12.2 Å². The van der Waals surface area contributed by atoms with Gasteiger partial charge in [0.2, 0.25) is 5.88 Å². The van der Waals surface area contributed by atoms with Crippen LogP contribution in [0.5, 0.6) is 11.6 Å². The smallest absolute Gasteiger partial charge is 0.322 e. The molecular weight excluding hydrogens is 420 g/mol. The molecule has 3 rings (SSSR count). The highest BCUT2D eigenvalue weighted by Gasteiger charge is 2.32. The van der Waals surface area contributed by atoms with E-state index in [1.54, 1.807) is 18.2 Å². The molecule has 1 saturated carbocycles. The Balaban J connectivity index is 2.04. The summed E-state index contributed by atoms with van der Waals surface area (Å²) in [5, 5.41) is 34.7. The van der Waals surface area contributed by atoms with Gasteiger partial charge in [-0.25, -0.2) is 0 Å². The second kappa shape index (κ2) is 9.94. The number of pyridine rings is 2. The maximum absolute atomic E-state index is 13.0. The Bertz CT molecular complexity index is 1080. The van der Waals surface area contributed by atoms with E-state index in [0.717, 1.165) is 23.8 Å². The summed E-state index contributed by atoms with van der Waals surface area (Å²) < 4.78 is 0.949. The molecule has 11 nitrogen and oxygen atoms in total. The first-order chi connectivity index (χ1) is 15.3. The molecular formula is C21H24N4O7. The van der Waals surface area contributed by atoms with Crippen LogP contribution < -0.4 is 16.2 Å². The fraction of sp³-hybridized carbons (Fsp3) is 0.381. The Labute approximate surface area is 182 Å². The van der Waals surface area contributed by atoms with Crippen molar-refractivity contribution in [2.24, 2.45) is 0 Å². The van der Waals surface area contributed by atoms with Gasteiger partial charge in [0.15, 0.2) is 5.75 Å². The highest BCUT2D eigenvalue weighted by molar-refractivity contribution is 6.05. The van der Waals surface area contributed by atoms with E-state index in [0.29, 0.717) is 18.5 Å². The lowest BCUT2D eigenvalue weighted by atomic mass is 9.94. The van der Waals surface area contributed by atoms with E-state index in [-0.39, 0.29) is 6.54 Å². The zero-order valence-corrected chi connectivity index (χ0v) is 17.2. The lowest BCUT2D eigenvalue weighted by molar-refractivity contribution is -0.135. The Hall–Kier alpha value is -3.89. The predicted octanol–water partition coefficient (Wildman–Crippen LogP) is 0.904. The molecule has 32 heavy (non-hydrogen) atoms. The van der Waals surface area contributed by atoms with Crippen LogP contribution in [0.15, 0.2) is 29.2 Å². The number of amides is 2. The molecule has 2 amide bonds. The van der Waals surface area contributed by atoms with E-state index in [9.17, 15) is 29.4 Å². The van der Waals surface area contributed by atoms with E-state index < -0.39 is 58.7 Å². The molecule has 2 heterocycles. The average molecular weight is 444 g/mol. The number of nitrogens with one attached hydrogen (secondary N) is 2. The third-order valence-corrected chi connectivity index (χ3v) is 5.31. The molecule has 0 aliphatic heterocycles. The summed E-state index contributed by atoms with van der Waals surface area (Å²) in [4.78, 5) is 53.3. The number of nitrogens with zero attached hydrogens (tertiary/aromatic N) is 2. The van der Waals surface area contributed by atoms with E-state index in [1.807, 2.05) is 5.32 Å². The molecule has 0 spiro atoms. The number of hydrogen-bond acceptors (Lipinski definition) is 7. The highest BCUT2D eigenvalue weighted by Crippen LogP contribution is 2.35. The van der Waals surface area contributed by atoms with Gasteiger partial charge in [-0.05, 0) is 25.0 Å². The first kappa shape index (κ1) is 22.8. The third-order valence-electron chi connectivity index (χ3n) is 5.31. The normalized spacial score (nSPS) is 14.0. The van der Waals surface area contributed by atoms with Crippen LogP contribution in [0.4, 0.5) is 0 Å². The zero-order valence-electron chi connectivity index (χ0n) is 17.2. The van der Waals surface area contributed by atoms with Crippen molar-refractivity contribution in [1.82, 2.24) is 20.2 Å². The largest absolute Gasteiger partial charge is 0.506 e. The molecule has 0 unspecified atom stereocenters. The predicted molar refractivity (Wildman–Crippen MR) is 112 cm³/mol. The summed E-state index contributed by atoms with van der Waals surface area (Å²) in [5.41, 5.74) is -1.90. The summed E-state index contributed by atoms with van der Waals surface area (Å²) in [6.45, 7) is -0.815. The molecule has 2 aromatic heterocycles. The molecule has 170 valence electrons. The van der Waals surface area contributed by atoms with Crippen molar-refractivity contribution in [3.8, 4) is 11.6 Å². The number of aromatic hydroxyl groups is 2. The topological polar surface area (TPSA) is 171 Å². The highest BCUT2D eigenvalue weighted by atomic mass is 16.4. The lowest BCUT2D eigenvalue weighted by Gasteiger charge is -2.26. The van der Waals surface area contributed by atoms with Crippen LogP contribution in [-0.4, -0.2) is 49.2 Å². The molecule has 1 aliphatic rings. The number of aliphatic carboxylic acids is 1. The second-order valence-electron chi connectivity index (χ2n) is 7.47. The van der Waals surface area contributed by atoms with Gasteiger partial charge in [-0.1, -0.05) is 25.3 Å². The third kappa shape index (κ3) is 4.88. The molecule has 11 heteroatoms. The number of carbonyl (C=O) groups is 3. The quantitative estimate of drug-likeness (QED) is 0.419. The van der Waals surface area contributed by atoms with Gasteiger partial charge < -0.3 is 26.0 Å². The van der Waals surface area contributed by atoms with E-state index in [2.05, 4.69) is 10.3 Å². The van der Waals surface area contributed by atoms with Crippen molar-refractivity contribution in [2.45, 2.75) is 44.7 Å². The number of carboxylic acids is 1. The summed E-state index contributed by atoms with van der Waals surface area (Å²) in [6, 6.07) is 4.61. The van der Waals surface area contributed by atoms with Crippen LogP contribution in [0.3, 0.4) is 0 Å². The fourth-order valence-corrected chi connectivity index (χ4v) is 3.77. The molecule has 0 saturated heterocycles. The molecule has 1 aliphatic carbocycles. The minimum absolute atomic E-state index is 0.0261. The Morgan fingerprint density at radius 3 is 2.34 bits per heavy atom. The van der Waals surface area contributed by atoms with Crippen LogP contribution in [0.2, 0.25) is 0 Å². The molecule has 0 aromatic carbocycles. The number of carbonyl (C=O) groups excluding carboxylic acids is 2. The monoisotopic (exact) mass is 444 g/mol. The van der Waals surface area contributed by atoms with Gasteiger partial charge in [0, 0.05) is 12.2 Å². The first-order valence-corrected chi connectivity index (χ1v) is 10.2. The number of carboxylic acid groups (broad SMARTS) is 1. The van der Waals surface area contributed by atoms with Crippen LogP contribution >= 0.6 is 0 Å². The number of aromatic nitrogens is 2. The van der Waals surface area contributed by atoms with Crippen molar-refractivity contribution in [2.75, 3.05) is 6.54 Å². The zero-order chi connectivity index (χ0) is 23.3. The Morgan fingerprint density at radius 1 is 1.03 bits per heavy atom. The molecule has 5 N–H and O–H groups in total. The average Bonchev–Trinajstić information content (AvgIpc) is 2.77. The molecule has 2 aromatic rings. The summed E-state index contributed by atoms with van der Waals surface area (Å²) in [6.07, 6.45) is 5.16. The van der Waals surface area contributed by atoms with Crippen LogP contribution in [-0.2, 0) is 11.3 Å². The lowest BCUT2D eigenvalue weighted by Crippen LogP contribution is -2.38. The van der Waals surface area contributed by atoms with Gasteiger partial charge >= 0.3 is 5.97 Å². The van der Waals surface area contributed by atoms with Crippen LogP contribution in [0.25, 0.3) is 0 Å². The van der Waals surface area contributed by atoms with Crippen molar-refractivity contribution in [3.05, 3.63) is 51.6 Å². The molecule has 0 bridgehead atoms. The summed E-state index contributed by atoms with van der Waals surface area (Å²) in [7, 11) is 0. The maximum atomic E-state index is 13.0. The van der Waals surface area contributed by atoms with Gasteiger partial charge in [-0.15, -0.1) is 0 Å². The van der Waals surface area contributed by atoms with Gasteiger partial charge in [0.1, 0.15) is 17.7 Å². The maximum Gasteiger partial charge on any atom is 0.322 e. The van der Waals surface area contributed by atoms with Crippen molar-refractivity contribution >= 4 is 17.8 Å². The standard InChI is InChI=1S/C21H24N4O7/c26-14(27)11-24-19(30)16-17(28)15(18(29)23-10-12-6-4-5-9-22-12)20(31)25(21(16)32)13-7-2-1-3-8-13/h4-6,9,13,28,31H,1-3,7-8,10-11H2,(H,23,29)(H,24,30)(H,26,27). The molecule has 1 fully saturated rings. The van der Waals surface area contributed by atoms with E-state index in [1.165, 1.54) is 6.20 Å². The van der Waals surface area contributed by atoms with Crippen molar-refractivity contribution in [1.29, 1.82) is 0 Å². The van der Waals surface area contributed by atoms with Gasteiger partial charge in [-0.3, -0.25) is 28.7 Å². The molecule has 0 atom stereocenters. The van der Waals surface area contributed by atoms with Crippen molar-refractivity contribution < 1.29 is 29.7 Å². The van der Waals surface area contributed by atoms with Crippen LogP contribution in [0, 0.1) is 0 Å².